The topological polar surface area (TPSA) is 42.6 Å². The van der Waals surface area contributed by atoms with Crippen LogP contribution in [-0.4, -0.2) is 6.08 Å². The number of fused-ring (bicyclic) bond motifs is 1. The standard InChI is InChI=1S/C13H13NO2/c1-2-3-12(14-9-15)10-4-5-13-11(8-10)6-7-16-13/h4-8,12H,2-3H2,1H3/t12-/m1/s1. The predicted molar refractivity (Wildman–Crippen MR) is 62.0 cm³/mol. The van der Waals surface area contributed by atoms with Crippen molar-refractivity contribution in [3.05, 3.63) is 36.1 Å². The maximum absolute atomic E-state index is 10.4. The van der Waals surface area contributed by atoms with Gasteiger partial charge in [-0.1, -0.05) is 19.4 Å². The maximum atomic E-state index is 10.4. The van der Waals surface area contributed by atoms with Crippen LogP contribution in [0.1, 0.15) is 31.4 Å². The summed E-state index contributed by atoms with van der Waals surface area (Å²) >= 11 is 0. The van der Waals surface area contributed by atoms with Gasteiger partial charge in [0.05, 0.1) is 12.3 Å². The summed E-state index contributed by atoms with van der Waals surface area (Å²) in [6.07, 6.45) is 5.15. The summed E-state index contributed by atoms with van der Waals surface area (Å²) in [5, 5.41) is 1.04. The first kappa shape index (κ1) is 10.7. The quantitative estimate of drug-likeness (QED) is 0.577. The van der Waals surface area contributed by atoms with Crippen molar-refractivity contribution in [1.82, 2.24) is 0 Å². The molecule has 0 radical (unpaired) electrons. The molecule has 0 amide bonds. The Kier molecular flexibility index (Phi) is 3.18. The minimum Gasteiger partial charge on any atom is -0.464 e. The number of hydrogen-bond donors (Lipinski definition) is 0. The highest BCUT2D eigenvalue weighted by atomic mass is 16.3. The predicted octanol–water partition coefficient (Wildman–Crippen LogP) is 3.61. The zero-order chi connectivity index (χ0) is 11.4. The molecule has 3 nitrogen and oxygen atoms in total. The van der Waals surface area contributed by atoms with Gasteiger partial charge in [-0.25, -0.2) is 4.79 Å². The van der Waals surface area contributed by atoms with E-state index in [9.17, 15) is 4.79 Å². The molecule has 0 aliphatic heterocycles. The second-order valence-corrected chi connectivity index (χ2v) is 3.74. The van der Waals surface area contributed by atoms with Gasteiger partial charge in [-0.15, -0.1) is 0 Å². The molecule has 1 aromatic heterocycles. The molecule has 0 aliphatic rings. The van der Waals surface area contributed by atoms with Crippen molar-refractivity contribution < 1.29 is 9.21 Å². The van der Waals surface area contributed by atoms with Crippen molar-refractivity contribution in [3.8, 4) is 0 Å². The Morgan fingerprint density at radius 1 is 1.44 bits per heavy atom. The largest absolute Gasteiger partial charge is 0.464 e. The van der Waals surface area contributed by atoms with Crippen molar-refractivity contribution >= 4 is 17.0 Å². The summed E-state index contributed by atoms with van der Waals surface area (Å²) in [5.74, 6) is 0. The number of rotatable bonds is 4. The second-order valence-electron chi connectivity index (χ2n) is 3.74. The summed E-state index contributed by atoms with van der Waals surface area (Å²) < 4.78 is 5.26. The molecule has 1 atom stereocenters. The Bertz CT molecular complexity index is 523. The fraction of sp³-hybridized carbons (Fsp3) is 0.308. The highest BCUT2D eigenvalue weighted by molar-refractivity contribution is 5.77. The number of aliphatic imine (C=N–C) groups is 1. The molecule has 2 aromatic rings. The third-order valence-corrected chi connectivity index (χ3v) is 2.63. The van der Waals surface area contributed by atoms with Crippen LogP contribution in [0.25, 0.3) is 11.0 Å². The van der Waals surface area contributed by atoms with Gasteiger partial charge in [0.15, 0.2) is 0 Å². The summed E-state index contributed by atoms with van der Waals surface area (Å²) in [6, 6.07) is 7.70. The van der Waals surface area contributed by atoms with E-state index in [4.69, 9.17) is 4.42 Å². The molecule has 0 fully saturated rings. The number of nitrogens with zero attached hydrogens (tertiary/aromatic N) is 1. The molecule has 0 unspecified atom stereocenters. The Balaban J connectivity index is 2.39. The average molecular weight is 215 g/mol. The molecular weight excluding hydrogens is 202 g/mol. The molecular formula is C13H13NO2. The second kappa shape index (κ2) is 4.77. The van der Waals surface area contributed by atoms with Gasteiger partial charge in [-0.3, -0.25) is 0 Å². The van der Waals surface area contributed by atoms with Gasteiger partial charge in [-0.2, -0.15) is 4.99 Å². The molecule has 0 saturated heterocycles. The lowest BCUT2D eigenvalue weighted by molar-refractivity contribution is 0.552. The minimum absolute atomic E-state index is 0.0817. The molecule has 3 heteroatoms. The molecule has 82 valence electrons. The van der Waals surface area contributed by atoms with Crippen LogP contribution in [0, 0.1) is 0 Å². The number of isocyanates is 1. The van der Waals surface area contributed by atoms with E-state index in [0.717, 1.165) is 29.4 Å². The fourth-order valence-electron chi connectivity index (χ4n) is 1.84. The molecule has 0 spiro atoms. The van der Waals surface area contributed by atoms with Crippen LogP contribution >= 0.6 is 0 Å². The van der Waals surface area contributed by atoms with Crippen LogP contribution in [0.5, 0.6) is 0 Å². The van der Waals surface area contributed by atoms with Gasteiger partial charge in [0.25, 0.3) is 0 Å². The Hall–Kier alpha value is -1.86. The van der Waals surface area contributed by atoms with E-state index in [1.807, 2.05) is 24.3 Å². The molecule has 0 bridgehead atoms. The Morgan fingerprint density at radius 2 is 2.31 bits per heavy atom. The van der Waals surface area contributed by atoms with Crippen LogP contribution in [0.15, 0.2) is 39.9 Å². The molecule has 0 aliphatic carbocycles. The first-order chi connectivity index (χ1) is 7.85. The SMILES string of the molecule is CCC[C@@H](N=C=O)c1ccc2occc2c1. The maximum Gasteiger partial charge on any atom is 0.235 e. The van der Waals surface area contributed by atoms with Crippen LogP contribution in [0.3, 0.4) is 0 Å². The van der Waals surface area contributed by atoms with Crippen LogP contribution < -0.4 is 0 Å². The van der Waals surface area contributed by atoms with Crippen molar-refractivity contribution in [3.63, 3.8) is 0 Å². The van der Waals surface area contributed by atoms with Gasteiger partial charge < -0.3 is 4.42 Å². The summed E-state index contributed by atoms with van der Waals surface area (Å²) in [4.78, 5) is 14.2. The van der Waals surface area contributed by atoms with E-state index in [1.54, 1.807) is 12.3 Å². The lowest BCUT2D eigenvalue weighted by Gasteiger charge is -2.09. The monoisotopic (exact) mass is 215 g/mol. The smallest absolute Gasteiger partial charge is 0.235 e. The van der Waals surface area contributed by atoms with Gasteiger partial charge in [-0.05, 0) is 30.2 Å². The first-order valence-corrected chi connectivity index (χ1v) is 5.39. The summed E-state index contributed by atoms with van der Waals surface area (Å²) in [5.41, 5.74) is 1.90. The van der Waals surface area contributed by atoms with Gasteiger partial charge in [0, 0.05) is 5.39 Å². The molecule has 16 heavy (non-hydrogen) atoms. The van der Waals surface area contributed by atoms with Crippen molar-refractivity contribution in [2.45, 2.75) is 25.8 Å². The van der Waals surface area contributed by atoms with Crippen molar-refractivity contribution in [2.75, 3.05) is 0 Å². The first-order valence-electron chi connectivity index (χ1n) is 5.39. The number of hydrogen-bond acceptors (Lipinski definition) is 3. The minimum atomic E-state index is -0.0817. The normalized spacial score (nSPS) is 12.3. The lowest BCUT2D eigenvalue weighted by Crippen LogP contribution is -1.94. The van der Waals surface area contributed by atoms with Crippen molar-refractivity contribution in [1.29, 1.82) is 0 Å². The number of benzene rings is 1. The zero-order valence-electron chi connectivity index (χ0n) is 9.14. The van der Waals surface area contributed by atoms with E-state index >= 15 is 0 Å². The van der Waals surface area contributed by atoms with E-state index in [-0.39, 0.29) is 6.04 Å². The molecule has 1 heterocycles. The third-order valence-electron chi connectivity index (χ3n) is 2.63. The highest BCUT2D eigenvalue weighted by Gasteiger charge is 2.10. The molecule has 0 N–H and O–H groups in total. The number of carbonyl (C=O) groups excluding carboxylic acids is 1. The average Bonchev–Trinajstić information content (AvgIpc) is 2.75. The third kappa shape index (κ3) is 2.05. The Labute approximate surface area is 93.8 Å². The lowest BCUT2D eigenvalue weighted by atomic mass is 10.0. The summed E-state index contributed by atoms with van der Waals surface area (Å²) in [6.45, 7) is 2.07. The van der Waals surface area contributed by atoms with Gasteiger partial charge in [0.2, 0.25) is 6.08 Å². The van der Waals surface area contributed by atoms with E-state index < -0.39 is 0 Å². The molecule has 0 saturated carbocycles. The molecule has 2 rings (SSSR count). The highest BCUT2D eigenvalue weighted by Crippen LogP contribution is 2.26. The van der Waals surface area contributed by atoms with Crippen LogP contribution in [0.2, 0.25) is 0 Å². The zero-order valence-corrected chi connectivity index (χ0v) is 9.14. The van der Waals surface area contributed by atoms with Gasteiger partial charge in [0.1, 0.15) is 5.58 Å². The number of furan rings is 1. The van der Waals surface area contributed by atoms with Crippen molar-refractivity contribution in [2.24, 2.45) is 4.99 Å². The Morgan fingerprint density at radius 3 is 3.06 bits per heavy atom. The van der Waals surface area contributed by atoms with Gasteiger partial charge >= 0.3 is 0 Å². The van der Waals surface area contributed by atoms with E-state index in [1.165, 1.54) is 0 Å². The van der Waals surface area contributed by atoms with E-state index in [2.05, 4.69) is 11.9 Å². The van der Waals surface area contributed by atoms with E-state index in [0.29, 0.717) is 0 Å². The van der Waals surface area contributed by atoms with Crippen LogP contribution in [0.4, 0.5) is 0 Å². The molecule has 1 aromatic carbocycles. The fourth-order valence-corrected chi connectivity index (χ4v) is 1.84. The van der Waals surface area contributed by atoms with Crippen LogP contribution in [-0.2, 0) is 4.79 Å². The summed E-state index contributed by atoms with van der Waals surface area (Å²) in [7, 11) is 0.